The number of fused-ring (bicyclic) bond motifs is 2. The lowest BCUT2D eigenvalue weighted by Gasteiger charge is -2.18. The van der Waals surface area contributed by atoms with E-state index in [0.29, 0.717) is 24.5 Å². The fraction of sp³-hybridized carbons (Fsp3) is 0.333. The molecule has 2 aliphatic heterocycles. The van der Waals surface area contributed by atoms with E-state index in [0.717, 1.165) is 6.54 Å². The summed E-state index contributed by atoms with van der Waals surface area (Å²) in [6, 6.07) is 0. The Balaban J connectivity index is 2.13. The number of carbonyl (C=O) groups excluding carboxylic acids is 2. The van der Waals surface area contributed by atoms with Crippen molar-refractivity contribution in [1.82, 2.24) is 15.3 Å². The van der Waals surface area contributed by atoms with E-state index in [9.17, 15) is 9.59 Å². The first-order valence-corrected chi connectivity index (χ1v) is 5.74. The van der Waals surface area contributed by atoms with Gasteiger partial charge in [-0.3, -0.25) is 9.59 Å². The number of nitrogens with zero attached hydrogens (tertiary/aromatic N) is 2. The molecule has 0 aliphatic carbocycles. The molecule has 1 unspecified atom stereocenters. The van der Waals surface area contributed by atoms with Gasteiger partial charge in [0.05, 0.1) is 6.20 Å². The number of hydrogen-bond acceptors (Lipinski definition) is 5. The molecule has 2 N–H and O–H groups in total. The number of hydrogen-bond donors (Lipinski definition) is 2. The Morgan fingerprint density at radius 3 is 3.06 bits per heavy atom. The quantitative estimate of drug-likeness (QED) is 0.566. The fourth-order valence-electron chi connectivity index (χ4n) is 2.46. The molecule has 3 rings (SSSR count). The monoisotopic (exact) mass is 244 g/mol. The molecule has 6 nitrogen and oxygen atoms in total. The Kier molecular flexibility index (Phi) is 2.27. The van der Waals surface area contributed by atoms with E-state index in [2.05, 4.69) is 27.2 Å². The molecule has 3 heterocycles. The highest BCUT2D eigenvalue weighted by atomic mass is 16.2. The van der Waals surface area contributed by atoms with Gasteiger partial charge in [0, 0.05) is 6.54 Å². The first-order chi connectivity index (χ1) is 8.67. The molecule has 1 amide bonds. The third-order valence-electron chi connectivity index (χ3n) is 3.49. The van der Waals surface area contributed by atoms with Crippen LogP contribution in [0.2, 0.25) is 0 Å². The predicted molar refractivity (Wildman–Crippen MR) is 64.4 cm³/mol. The second-order valence-electron chi connectivity index (χ2n) is 4.48. The zero-order valence-electron chi connectivity index (χ0n) is 9.69. The second-order valence-corrected chi connectivity index (χ2v) is 4.48. The summed E-state index contributed by atoms with van der Waals surface area (Å²) in [6.45, 7) is 4.71. The maximum Gasteiger partial charge on any atom is 0.239 e. The number of ketones is 1. The van der Waals surface area contributed by atoms with Crippen LogP contribution < -0.4 is 10.6 Å². The fourth-order valence-corrected chi connectivity index (χ4v) is 2.46. The van der Waals surface area contributed by atoms with Crippen LogP contribution in [0.1, 0.15) is 22.6 Å². The minimum atomic E-state index is -0.667. The van der Waals surface area contributed by atoms with Crippen LogP contribution in [-0.4, -0.2) is 34.7 Å². The van der Waals surface area contributed by atoms with E-state index in [-0.39, 0.29) is 17.4 Å². The third kappa shape index (κ3) is 1.32. The zero-order chi connectivity index (χ0) is 12.8. The summed E-state index contributed by atoms with van der Waals surface area (Å²) in [7, 11) is 0. The van der Waals surface area contributed by atoms with Crippen molar-refractivity contribution >= 4 is 17.5 Å². The molecule has 0 radical (unpaired) electrons. The van der Waals surface area contributed by atoms with Crippen molar-refractivity contribution in [2.45, 2.75) is 11.8 Å². The van der Waals surface area contributed by atoms with Gasteiger partial charge in [0.25, 0.3) is 0 Å². The highest BCUT2D eigenvalue weighted by Crippen LogP contribution is 2.39. The van der Waals surface area contributed by atoms with Gasteiger partial charge >= 0.3 is 0 Å². The van der Waals surface area contributed by atoms with Gasteiger partial charge in [-0.25, -0.2) is 9.97 Å². The SMILES string of the molecule is C=CC(=O)c1cnc2c(n1)C1(CCNC1)C(=O)N2. The van der Waals surface area contributed by atoms with Gasteiger partial charge in [-0.15, -0.1) is 0 Å². The van der Waals surface area contributed by atoms with Gasteiger partial charge < -0.3 is 10.6 Å². The van der Waals surface area contributed by atoms with Crippen LogP contribution in [0.15, 0.2) is 18.9 Å². The predicted octanol–water partition coefficient (Wildman–Crippen LogP) is 0.0285. The number of amides is 1. The molecule has 1 saturated heterocycles. The Hall–Kier alpha value is -2.08. The summed E-state index contributed by atoms with van der Waals surface area (Å²) in [5.41, 5.74) is 0.136. The lowest BCUT2D eigenvalue weighted by Crippen LogP contribution is -2.37. The molecule has 0 bridgehead atoms. The largest absolute Gasteiger partial charge is 0.315 e. The van der Waals surface area contributed by atoms with Gasteiger partial charge in [-0.05, 0) is 19.0 Å². The topological polar surface area (TPSA) is 84.0 Å². The number of allylic oxidation sites excluding steroid dienone is 1. The van der Waals surface area contributed by atoms with E-state index < -0.39 is 5.41 Å². The van der Waals surface area contributed by atoms with Crippen LogP contribution in [0.25, 0.3) is 0 Å². The van der Waals surface area contributed by atoms with Crippen LogP contribution in [0.3, 0.4) is 0 Å². The smallest absolute Gasteiger partial charge is 0.239 e. The molecule has 1 aromatic heterocycles. The van der Waals surface area contributed by atoms with E-state index in [1.165, 1.54) is 12.3 Å². The molecule has 1 fully saturated rings. The third-order valence-corrected chi connectivity index (χ3v) is 3.49. The molecule has 0 saturated carbocycles. The molecular formula is C12H12N4O2. The average Bonchev–Trinajstić information content (AvgIpc) is 2.97. The summed E-state index contributed by atoms with van der Waals surface area (Å²) in [5.74, 6) is 0.0840. The summed E-state index contributed by atoms with van der Waals surface area (Å²) in [6.07, 6.45) is 3.23. The maximum absolute atomic E-state index is 12.1. The number of anilines is 1. The van der Waals surface area contributed by atoms with Gasteiger partial charge in [0.1, 0.15) is 16.8 Å². The first kappa shape index (κ1) is 11.0. The standard InChI is InChI=1S/C12H12N4O2/c1-2-8(17)7-5-14-10-9(15-7)12(11(18)16-10)3-4-13-6-12/h2,5,13H,1,3-4,6H2,(H,14,16,18). The number of rotatable bonds is 2. The molecule has 92 valence electrons. The molecule has 1 spiro atoms. The van der Waals surface area contributed by atoms with E-state index >= 15 is 0 Å². The first-order valence-electron chi connectivity index (χ1n) is 5.74. The van der Waals surface area contributed by atoms with Crippen LogP contribution in [-0.2, 0) is 10.2 Å². The summed E-state index contributed by atoms with van der Waals surface area (Å²) in [5, 5.41) is 5.88. The van der Waals surface area contributed by atoms with Crippen molar-refractivity contribution in [1.29, 1.82) is 0 Å². The highest BCUT2D eigenvalue weighted by Gasteiger charge is 2.51. The Morgan fingerprint density at radius 1 is 1.56 bits per heavy atom. The number of carbonyl (C=O) groups is 2. The van der Waals surface area contributed by atoms with Crippen molar-refractivity contribution in [2.75, 3.05) is 18.4 Å². The Labute approximate surface area is 104 Å². The van der Waals surface area contributed by atoms with Crippen molar-refractivity contribution in [3.05, 3.63) is 30.2 Å². The average molecular weight is 244 g/mol. The van der Waals surface area contributed by atoms with Crippen LogP contribution >= 0.6 is 0 Å². The van der Waals surface area contributed by atoms with Crippen molar-refractivity contribution < 1.29 is 9.59 Å². The van der Waals surface area contributed by atoms with Crippen LogP contribution in [0.5, 0.6) is 0 Å². The van der Waals surface area contributed by atoms with E-state index in [1.807, 2.05) is 0 Å². The molecule has 6 heteroatoms. The van der Waals surface area contributed by atoms with Gasteiger partial charge in [0.2, 0.25) is 11.7 Å². The molecule has 18 heavy (non-hydrogen) atoms. The minimum absolute atomic E-state index is 0.0919. The summed E-state index contributed by atoms with van der Waals surface area (Å²) in [4.78, 5) is 32.0. The molecular weight excluding hydrogens is 232 g/mol. The van der Waals surface area contributed by atoms with E-state index in [1.54, 1.807) is 0 Å². The number of nitrogens with one attached hydrogen (secondary N) is 2. The normalized spacial score (nSPS) is 25.0. The van der Waals surface area contributed by atoms with Crippen LogP contribution in [0.4, 0.5) is 5.82 Å². The minimum Gasteiger partial charge on any atom is -0.315 e. The number of aromatic nitrogens is 2. The van der Waals surface area contributed by atoms with E-state index in [4.69, 9.17) is 0 Å². The lowest BCUT2D eigenvalue weighted by atomic mass is 9.85. The van der Waals surface area contributed by atoms with Gasteiger partial charge in [-0.1, -0.05) is 6.58 Å². The summed E-state index contributed by atoms with van der Waals surface area (Å²) >= 11 is 0. The van der Waals surface area contributed by atoms with Crippen LogP contribution in [0, 0.1) is 0 Å². The zero-order valence-corrected chi connectivity index (χ0v) is 9.69. The summed E-state index contributed by atoms with van der Waals surface area (Å²) < 4.78 is 0. The lowest BCUT2D eigenvalue weighted by molar-refractivity contribution is -0.120. The Morgan fingerprint density at radius 2 is 2.39 bits per heavy atom. The van der Waals surface area contributed by atoms with Gasteiger partial charge in [0.15, 0.2) is 5.82 Å². The molecule has 2 aliphatic rings. The Bertz CT molecular complexity index is 561. The second kappa shape index (κ2) is 3.71. The molecule has 1 atom stereocenters. The van der Waals surface area contributed by atoms with Crippen molar-refractivity contribution in [2.24, 2.45) is 0 Å². The van der Waals surface area contributed by atoms with Crippen molar-refractivity contribution in [3.8, 4) is 0 Å². The maximum atomic E-state index is 12.1. The van der Waals surface area contributed by atoms with Crippen molar-refractivity contribution in [3.63, 3.8) is 0 Å². The molecule has 0 aromatic carbocycles. The van der Waals surface area contributed by atoms with Gasteiger partial charge in [-0.2, -0.15) is 0 Å². The highest BCUT2D eigenvalue weighted by molar-refractivity contribution is 6.06. The molecule has 1 aromatic rings.